The molecule has 0 atom stereocenters. The first-order valence-corrected chi connectivity index (χ1v) is 5.91. The standard InChI is InChI=1S/C13H15FN2.CH4O/c14-13-3-1-2-12(8-13)10-16-7-5-11(9-16)4-6-15;1-2/h1-3,5,7-9H,4,6,10,15H2;2H,1H3/p+1. The lowest BCUT2D eigenvalue weighted by molar-refractivity contribution is -0.366. The molecule has 0 spiro atoms. The molecule has 0 bridgehead atoms. The molecule has 0 saturated carbocycles. The van der Waals surface area contributed by atoms with E-state index in [-0.39, 0.29) is 5.82 Å². The van der Waals surface area contributed by atoms with Gasteiger partial charge in [0.25, 0.3) is 0 Å². The fourth-order valence-corrected chi connectivity index (χ4v) is 1.79. The van der Waals surface area contributed by atoms with Crippen molar-refractivity contribution < 1.29 is 15.2 Å². The van der Waals surface area contributed by atoms with Gasteiger partial charge < -0.3 is 15.4 Å². The van der Waals surface area contributed by atoms with E-state index in [0.717, 1.165) is 32.2 Å². The van der Waals surface area contributed by atoms with Crippen LogP contribution in [0.25, 0.3) is 0 Å². The second-order valence-corrected chi connectivity index (χ2v) is 3.93. The largest absolute Gasteiger partial charge is 0.400 e. The fraction of sp³-hybridized carbons (Fsp3) is 0.286. The van der Waals surface area contributed by atoms with Gasteiger partial charge in [-0.15, -0.1) is 0 Å². The predicted molar refractivity (Wildman–Crippen MR) is 69.5 cm³/mol. The van der Waals surface area contributed by atoms with Gasteiger partial charge in [0.1, 0.15) is 5.82 Å². The molecule has 3 nitrogen and oxygen atoms in total. The monoisotopic (exact) mass is 251 g/mol. The second kappa shape index (κ2) is 7.63. The van der Waals surface area contributed by atoms with E-state index in [1.165, 1.54) is 11.6 Å². The first-order valence-electron chi connectivity index (χ1n) is 5.91. The van der Waals surface area contributed by atoms with E-state index < -0.39 is 0 Å². The quantitative estimate of drug-likeness (QED) is 0.839. The Morgan fingerprint density at radius 2 is 2.00 bits per heavy atom. The zero-order valence-electron chi connectivity index (χ0n) is 10.6. The maximum absolute atomic E-state index is 13.0. The molecular weight excluding hydrogens is 231 g/mol. The fourth-order valence-electron chi connectivity index (χ4n) is 1.79. The minimum Gasteiger partial charge on any atom is -0.400 e. The normalized spacial score (nSPS) is 9.78. The Morgan fingerprint density at radius 1 is 1.22 bits per heavy atom. The highest BCUT2D eigenvalue weighted by Crippen LogP contribution is 2.08. The Labute approximate surface area is 107 Å². The summed E-state index contributed by atoms with van der Waals surface area (Å²) in [7, 11) is 1.00. The molecule has 1 aromatic carbocycles. The molecule has 2 aromatic rings. The number of aliphatic hydroxyl groups is 1. The lowest BCUT2D eigenvalue weighted by Crippen LogP contribution is -2.51. The van der Waals surface area contributed by atoms with Crippen LogP contribution in [0.1, 0.15) is 11.1 Å². The summed E-state index contributed by atoms with van der Waals surface area (Å²) in [6, 6.07) is 8.80. The first-order chi connectivity index (χ1) is 8.78. The Morgan fingerprint density at radius 3 is 2.67 bits per heavy atom. The van der Waals surface area contributed by atoms with Crippen LogP contribution in [0.3, 0.4) is 0 Å². The van der Waals surface area contributed by atoms with Crippen molar-refractivity contribution in [1.29, 1.82) is 0 Å². The maximum Gasteiger partial charge on any atom is 0.123 e. The SMILES string of the molecule is CO.[NH3+]CCc1ccn(Cc2cccc(F)c2)c1. The Hall–Kier alpha value is -1.65. The van der Waals surface area contributed by atoms with Crippen molar-refractivity contribution in [2.45, 2.75) is 13.0 Å². The van der Waals surface area contributed by atoms with Gasteiger partial charge in [-0.05, 0) is 29.3 Å². The third-order valence-corrected chi connectivity index (χ3v) is 2.53. The number of rotatable bonds is 4. The smallest absolute Gasteiger partial charge is 0.123 e. The molecule has 18 heavy (non-hydrogen) atoms. The second-order valence-electron chi connectivity index (χ2n) is 3.93. The van der Waals surface area contributed by atoms with Gasteiger partial charge in [0.2, 0.25) is 0 Å². The summed E-state index contributed by atoms with van der Waals surface area (Å²) < 4.78 is 15.0. The van der Waals surface area contributed by atoms with Crippen molar-refractivity contribution in [1.82, 2.24) is 4.57 Å². The molecule has 1 heterocycles. The van der Waals surface area contributed by atoms with E-state index in [1.54, 1.807) is 12.1 Å². The number of hydrogen-bond donors (Lipinski definition) is 2. The van der Waals surface area contributed by atoms with Crippen LogP contribution in [0.5, 0.6) is 0 Å². The summed E-state index contributed by atoms with van der Waals surface area (Å²) >= 11 is 0. The van der Waals surface area contributed by atoms with Crippen LogP contribution < -0.4 is 5.73 Å². The van der Waals surface area contributed by atoms with Crippen LogP contribution in [0, 0.1) is 5.82 Å². The summed E-state index contributed by atoms with van der Waals surface area (Å²) in [5.74, 6) is -0.178. The van der Waals surface area contributed by atoms with Gasteiger partial charge in [-0.1, -0.05) is 12.1 Å². The van der Waals surface area contributed by atoms with E-state index in [0.29, 0.717) is 0 Å². The molecule has 0 aliphatic carbocycles. The number of halogens is 1. The van der Waals surface area contributed by atoms with Crippen LogP contribution in [0.15, 0.2) is 42.7 Å². The summed E-state index contributed by atoms with van der Waals surface area (Å²) in [5.41, 5.74) is 6.09. The highest BCUT2D eigenvalue weighted by atomic mass is 19.1. The summed E-state index contributed by atoms with van der Waals surface area (Å²) in [4.78, 5) is 0. The molecule has 0 fully saturated rings. The van der Waals surface area contributed by atoms with Gasteiger partial charge in [0.05, 0.1) is 6.54 Å². The van der Waals surface area contributed by atoms with E-state index in [4.69, 9.17) is 5.11 Å². The van der Waals surface area contributed by atoms with E-state index in [9.17, 15) is 4.39 Å². The van der Waals surface area contributed by atoms with Gasteiger partial charge in [0.15, 0.2) is 0 Å². The molecular formula is C14H20FN2O+. The van der Waals surface area contributed by atoms with Gasteiger partial charge in [-0.3, -0.25) is 0 Å². The van der Waals surface area contributed by atoms with Crippen molar-refractivity contribution in [3.63, 3.8) is 0 Å². The van der Waals surface area contributed by atoms with E-state index in [1.807, 2.05) is 12.3 Å². The number of aliphatic hydroxyl groups excluding tert-OH is 1. The maximum atomic E-state index is 13.0. The third-order valence-electron chi connectivity index (χ3n) is 2.53. The topological polar surface area (TPSA) is 52.8 Å². The lowest BCUT2D eigenvalue weighted by atomic mass is 10.2. The number of quaternary nitrogens is 1. The van der Waals surface area contributed by atoms with E-state index in [2.05, 4.69) is 22.6 Å². The van der Waals surface area contributed by atoms with Crippen LogP contribution in [0.4, 0.5) is 4.39 Å². The molecule has 1 aromatic heterocycles. The molecule has 98 valence electrons. The third kappa shape index (κ3) is 4.31. The number of nitrogens with zero attached hydrogens (tertiary/aromatic N) is 1. The minimum atomic E-state index is -0.178. The molecule has 2 rings (SSSR count). The van der Waals surface area contributed by atoms with Crippen molar-refractivity contribution in [3.05, 3.63) is 59.7 Å². The average Bonchev–Trinajstić information content (AvgIpc) is 2.80. The molecule has 0 unspecified atom stereocenters. The van der Waals surface area contributed by atoms with Crippen molar-refractivity contribution in [2.75, 3.05) is 13.7 Å². The highest BCUT2D eigenvalue weighted by Gasteiger charge is 1.99. The van der Waals surface area contributed by atoms with Gasteiger partial charge in [0, 0.05) is 32.5 Å². The highest BCUT2D eigenvalue weighted by molar-refractivity contribution is 5.18. The van der Waals surface area contributed by atoms with Crippen LogP contribution in [-0.4, -0.2) is 23.3 Å². The molecule has 4 N–H and O–H groups in total. The molecule has 0 aliphatic rings. The van der Waals surface area contributed by atoms with Crippen molar-refractivity contribution >= 4 is 0 Å². The van der Waals surface area contributed by atoms with Gasteiger partial charge >= 0.3 is 0 Å². The molecule has 0 amide bonds. The average molecular weight is 251 g/mol. The summed E-state index contributed by atoms with van der Waals surface area (Å²) in [6.07, 6.45) is 5.11. The number of aromatic nitrogens is 1. The molecule has 0 radical (unpaired) electrons. The van der Waals surface area contributed by atoms with Gasteiger partial charge in [-0.2, -0.15) is 0 Å². The first kappa shape index (κ1) is 14.4. The van der Waals surface area contributed by atoms with Gasteiger partial charge in [-0.25, -0.2) is 4.39 Å². The van der Waals surface area contributed by atoms with Crippen LogP contribution >= 0.6 is 0 Å². The predicted octanol–water partition coefficient (Wildman–Crippen LogP) is 1.07. The number of benzene rings is 1. The summed E-state index contributed by atoms with van der Waals surface area (Å²) in [6.45, 7) is 1.62. The molecule has 4 heteroatoms. The summed E-state index contributed by atoms with van der Waals surface area (Å²) in [5, 5.41) is 7.00. The Bertz CT molecular complexity index is 468. The molecule has 0 aliphatic heterocycles. The van der Waals surface area contributed by atoms with E-state index >= 15 is 0 Å². The van der Waals surface area contributed by atoms with Crippen LogP contribution in [0.2, 0.25) is 0 Å². The van der Waals surface area contributed by atoms with Crippen LogP contribution in [-0.2, 0) is 13.0 Å². The van der Waals surface area contributed by atoms with Crippen molar-refractivity contribution in [2.24, 2.45) is 0 Å². The Balaban J connectivity index is 0.000000771. The number of hydrogen-bond acceptors (Lipinski definition) is 1. The Kier molecular flexibility index (Phi) is 6.11. The van der Waals surface area contributed by atoms with Crippen molar-refractivity contribution in [3.8, 4) is 0 Å². The minimum absolute atomic E-state index is 0.178. The lowest BCUT2D eigenvalue weighted by Gasteiger charge is -2.02. The molecule has 0 saturated heterocycles. The zero-order valence-corrected chi connectivity index (χ0v) is 10.6. The zero-order chi connectivity index (χ0) is 13.4.